The van der Waals surface area contributed by atoms with E-state index in [-0.39, 0.29) is 6.54 Å². The summed E-state index contributed by atoms with van der Waals surface area (Å²) in [5.41, 5.74) is 12.8. The van der Waals surface area contributed by atoms with E-state index in [1.165, 1.54) is 33.0 Å². The van der Waals surface area contributed by atoms with E-state index in [9.17, 15) is 5.11 Å². The molecule has 0 saturated carbocycles. The van der Waals surface area contributed by atoms with Crippen LogP contribution in [0.25, 0.3) is 32.1 Å². The zero-order valence-electron chi connectivity index (χ0n) is 19.1. The van der Waals surface area contributed by atoms with Gasteiger partial charge in [-0.3, -0.25) is 4.90 Å². The lowest BCUT2D eigenvalue weighted by molar-refractivity contribution is 0.163. The van der Waals surface area contributed by atoms with Crippen LogP contribution in [0.1, 0.15) is 29.2 Å². The fourth-order valence-corrected chi connectivity index (χ4v) is 5.82. The van der Waals surface area contributed by atoms with Gasteiger partial charge in [0.1, 0.15) is 0 Å². The smallest absolute Gasteiger partial charge is 0.188 e. The third kappa shape index (κ3) is 3.43. The lowest BCUT2D eigenvalue weighted by Crippen LogP contribution is -2.32. The number of aliphatic hydroxyl groups excluding tert-OH is 1. The standard InChI is InChI=1S/C29H28N4O/c1-31-22-8-9-27-25(15-22)26(18-33(27)17-23(34)16-30)19-10-12-32(13-11-19)28-14-21-6-2-4-20-5-3-7-24(28)29(20)21/h2-10,15,18,23,28,34H,11-14,16-17,30H2/t23-,28?/m1/s1. The monoisotopic (exact) mass is 448 g/mol. The van der Waals surface area contributed by atoms with E-state index >= 15 is 0 Å². The summed E-state index contributed by atoms with van der Waals surface area (Å²) < 4.78 is 2.08. The SMILES string of the molecule is [C-]#[N+]c1ccc2c(c1)c(C1=CCN(C3Cc4cccc5cccc3c45)CC1)cn2C[C@H](O)CN. The fraction of sp³-hybridized carbons (Fsp3) is 0.276. The van der Waals surface area contributed by atoms with Gasteiger partial charge in [0.25, 0.3) is 0 Å². The Balaban J connectivity index is 1.32. The zero-order chi connectivity index (χ0) is 23.2. The van der Waals surface area contributed by atoms with Crippen LogP contribution in [-0.4, -0.2) is 40.3 Å². The van der Waals surface area contributed by atoms with Crippen LogP contribution in [-0.2, 0) is 13.0 Å². The lowest BCUT2D eigenvalue weighted by Gasteiger charge is -2.32. The molecule has 0 bridgehead atoms. The minimum Gasteiger partial charge on any atom is -0.390 e. The minimum atomic E-state index is -0.591. The molecule has 34 heavy (non-hydrogen) atoms. The molecular formula is C29H28N4O. The average molecular weight is 449 g/mol. The van der Waals surface area contributed by atoms with Crippen molar-refractivity contribution in [2.45, 2.75) is 31.5 Å². The number of nitrogens with two attached hydrogens (primary N) is 1. The Labute approximate surface area is 199 Å². The number of fused-ring (bicyclic) bond motifs is 1. The molecule has 1 aromatic heterocycles. The molecule has 1 aliphatic carbocycles. The van der Waals surface area contributed by atoms with Crippen LogP contribution in [0, 0.1) is 6.57 Å². The first-order chi connectivity index (χ1) is 16.7. The van der Waals surface area contributed by atoms with Crippen LogP contribution in [0.15, 0.2) is 66.9 Å². The summed E-state index contributed by atoms with van der Waals surface area (Å²) in [6, 6.07) is 19.6. The maximum Gasteiger partial charge on any atom is 0.188 e. The van der Waals surface area contributed by atoms with Crippen LogP contribution in [0.5, 0.6) is 0 Å². The summed E-state index contributed by atoms with van der Waals surface area (Å²) >= 11 is 0. The highest BCUT2D eigenvalue weighted by Gasteiger charge is 2.30. The van der Waals surface area contributed by atoms with Crippen LogP contribution in [0.4, 0.5) is 5.69 Å². The Morgan fingerprint density at radius 3 is 2.76 bits per heavy atom. The van der Waals surface area contributed by atoms with E-state index in [1.54, 1.807) is 0 Å². The number of nitrogens with zero attached hydrogens (tertiary/aromatic N) is 3. The van der Waals surface area contributed by atoms with Crippen molar-refractivity contribution < 1.29 is 5.11 Å². The first-order valence-corrected chi connectivity index (χ1v) is 12.0. The van der Waals surface area contributed by atoms with E-state index < -0.39 is 6.10 Å². The van der Waals surface area contributed by atoms with Gasteiger partial charge in [-0.1, -0.05) is 48.5 Å². The number of aliphatic hydroxyl groups is 1. The number of hydrogen-bond acceptors (Lipinski definition) is 3. The van der Waals surface area contributed by atoms with Gasteiger partial charge in [0.05, 0.1) is 12.7 Å². The summed E-state index contributed by atoms with van der Waals surface area (Å²) in [4.78, 5) is 6.24. The van der Waals surface area contributed by atoms with Crippen molar-refractivity contribution in [1.82, 2.24) is 9.47 Å². The van der Waals surface area contributed by atoms with Gasteiger partial charge in [-0.2, -0.15) is 0 Å². The van der Waals surface area contributed by atoms with Crippen molar-refractivity contribution in [1.29, 1.82) is 0 Å². The second-order valence-corrected chi connectivity index (χ2v) is 9.45. The van der Waals surface area contributed by atoms with Gasteiger partial charge in [-0.05, 0) is 57.8 Å². The Morgan fingerprint density at radius 2 is 2.00 bits per heavy atom. The van der Waals surface area contributed by atoms with Crippen molar-refractivity contribution in [3.05, 3.63) is 95.0 Å². The molecule has 0 radical (unpaired) electrons. The summed E-state index contributed by atoms with van der Waals surface area (Å²) in [5, 5.41) is 14.0. The summed E-state index contributed by atoms with van der Waals surface area (Å²) in [6.07, 6.45) is 5.93. The molecule has 4 aromatic rings. The quantitative estimate of drug-likeness (QED) is 0.420. The minimum absolute atomic E-state index is 0.226. The molecule has 0 amide bonds. The van der Waals surface area contributed by atoms with Crippen molar-refractivity contribution in [2.75, 3.05) is 19.6 Å². The zero-order valence-corrected chi connectivity index (χ0v) is 19.1. The number of rotatable bonds is 5. The Morgan fingerprint density at radius 1 is 1.15 bits per heavy atom. The highest BCUT2D eigenvalue weighted by molar-refractivity contribution is 5.95. The first kappa shape index (κ1) is 21.1. The fourth-order valence-electron chi connectivity index (χ4n) is 5.82. The van der Waals surface area contributed by atoms with E-state index in [1.807, 2.05) is 18.2 Å². The van der Waals surface area contributed by atoms with Crippen molar-refractivity contribution in [2.24, 2.45) is 5.73 Å². The highest BCUT2D eigenvalue weighted by Crippen LogP contribution is 2.42. The molecule has 1 aliphatic heterocycles. The Bertz CT molecular complexity index is 1470. The molecule has 0 saturated heterocycles. The molecule has 3 N–H and O–H groups in total. The Kier molecular flexibility index (Phi) is 5.23. The van der Waals surface area contributed by atoms with Gasteiger partial charge in [0.2, 0.25) is 0 Å². The molecule has 170 valence electrons. The van der Waals surface area contributed by atoms with Crippen molar-refractivity contribution >= 4 is 32.9 Å². The number of hydrogen-bond donors (Lipinski definition) is 2. The maximum absolute atomic E-state index is 10.2. The van der Waals surface area contributed by atoms with Gasteiger partial charge >= 0.3 is 0 Å². The second-order valence-electron chi connectivity index (χ2n) is 9.45. The molecule has 2 atom stereocenters. The summed E-state index contributed by atoms with van der Waals surface area (Å²) in [7, 11) is 0. The van der Waals surface area contributed by atoms with Gasteiger partial charge < -0.3 is 15.4 Å². The van der Waals surface area contributed by atoms with E-state index in [2.05, 4.69) is 63.0 Å². The lowest BCUT2D eigenvalue weighted by atomic mass is 9.96. The molecule has 5 heteroatoms. The largest absolute Gasteiger partial charge is 0.390 e. The first-order valence-electron chi connectivity index (χ1n) is 12.0. The van der Waals surface area contributed by atoms with Gasteiger partial charge in [-0.25, -0.2) is 4.85 Å². The molecule has 6 rings (SSSR count). The van der Waals surface area contributed by atoms with Gasteiger partial charge in [0, 0.05) is 49.5 Å². The topological polar surface area (TPSA) is 58.8 Å². The molecule has 0 fully saturated rings. The predicted molar refractivity (Wildman–Crippen MR) is 138 cm³/mol. The number of aromatic nitrogens is 1. The predicted octanol–water partition coefficient (Wildman–Crippen LogP) is 5.05. The Hall–Kier alpha value is -3.43. The van der Waals surface area contributed by atoms with Crippen LogP contribution in [0.3, 0.4) is 0 Å². The van der Waals surface area contributed by atoms with Crippen molar-refractivity contribution in [3.63, 3.8) is 0 Å². The molecule has 5 nitrogen and oxygen atoms in total. The molecule has 1 unspecified atom stereocenters. The normalized spacial score (nSPS) is 18.9. The van der Waals surface area contributed by atoms with E-state index in [4.69, 9.17) is 12.3 Å². The summed E-state index contributed by atoms with van der Waals surface area (Å²) in [6.45, 7) is 10.0. The summed E-state index contributed by atoms with van der Waals surface area (Å²) in [5.74, 6) is 0. The molecule has 0 spiro atoms. The third-order valence-electron chi connectivity index (χ3n) is 7.50. The van der Waals surface area contributed by atoms with Crippen LogP contribution < -0.4 is 5.73 Å². The van der Waals surface area contributed by atoms with Crippen LogP contribution in [0.2, 0.25) is 0 Å². The van der Waals surface area contributed by atoms with Crippen molar-refractivity contribution in [3.8, 4) is 0 Å². The molecular weight excluding hydrogens is 420 g/mol. The number of benzene rings is 3. The third-order valence-corrected chi connectivity index (χ3v) is 7.50. The molecule has 2 aliphatic rings. The van der Waals surface area contributed by atoms with Crippen LogP contribution >= 0.6 is 0 Å². The van der Waals surface area contributed by atoms with E-state index in [0.717, 1.165) is 36.8 Å². The highest BCUT2D eigenvalue weighted by atomic mass is 16.3. The maximum atomic E-state index is 10.2. The molecule has 3 aromatic carbocycles. The molecule has 2 heterocycles. The van der Waals surface area contributed by atoms with E-state index in [0.29, 0.717) is 18.3 Å². The van der Waals surface area contributed by atoms with Gasteiger partial charge in [0.15, 0.2) is 5.69 Å². The second kappa shape index (κ2) is 8.41. The average Bonchev–Trinajstić information content (AvgIpc) is 3.44. The van der Waals surface area contributed by atoms with Gasteiger partial charge in [-0.15, -0.1) is 0 Å².